The molecule has 0 unspecified atom stereocenters. The maximum Gasteiger partial charge on any atom is 0.246 e. The Morgan fingerprint density at radius 2 is 2.36 bits per heavy atom. The van der Waals surface area contributed by atoms with Crippen LogP contribution in [0.3, 0.4) is 0 Å². The second kappa shape index (κ2) is 2.78. The molecule has 11 heavy (non-hydrogen) atoms. The van der Waals surface area contributed by atoms with E-state index < -0.39 is 0 Å². The quantitative estimate of drug-likeness (QED) is 0.585. The van der Waals surface area contributed by atoms with Gasteiger partial charge in [0.05, 0.1) is 0 Å². The van der Waals surface area contributed by atoms with Gasteiger partial charge < -0.3 is 10.6 Å². The van der Waals surface area contributed by atoms with Gasteiger partial charge in [0.25, 0.3) is 0 Å². The van der Waals surface area contributed by atoms with E-state index in [2.05, 4.69) is 0 Å². The summed E-state index contributed by atoms with van der Waals surface area (Å²) in [6.07, 6.45) is 3.82. The van der Waals surface area contributed by atoms with Crippen molar-refractivity contribution in [1.29, 1.82) is 0 Å². The maximum atomic E-state index is 10.8. The molecule has 0 bridgehead atoms. The molecule has 0 saturated heterocycles. The van der Waals surface area contributed by atoms with Crippen molar-refractivity contribution in [3.05, 3.63) is 23.4 Å². The van der Waals surface area contributed by atoms with Gasteiger partial charge in [-0.3, -0.25) is 4.79 Å². The van der Waals surface area contributed by atoms with E-state index in [1.807, 2.05) is 31.1 Å². The van der Waals surface area contributed by atoms with E-state index in [0.29, 0.717) is 12.1 Å². The minimum absolute atomic E-state index is 0.321. The molecule has 1 heterocycles. The second-order valence-electron chi connectivity index (χ2n) is 2.76. The Morgan fingerprint density at radius 1 is 1.73 bits per heavy atom. The number of nitrogens with zero attached hydrogens (tertiary/aromatic N) is 1. The van der Waals surface area contributed by atoms with E-state index >= 15 is 0 Å². The summed E-state index contributed by atoms with van der Waals surface area (Å²) >= 11 is 0. The first kappa shape index (κ1) is 7.85. The topological polar surface area (TPSA) is 46.3 Å². The highest BCUT2D eigenvalue weighted by Crippen LogP contribution is 2.12. The number of primary amides is 1. The lowest BCUT2D eigenvalue weighted by Crippen LogP contribution is -2.27. The number of allylic oxidation sites excluding steroid dienone is 2. The van der Waals surface area contributed by atoms with E-state index in [1.165, 1.54) is 0 Å². The number of nitrogens with two attached hydrogens (primary N) is 1. The van der Waals surface area contributed by atoms with Gasteiger partial charge in [0, 0.05) is 19.2 Å². The molecule has 3 heteroatoms. The van der Waals surface area contributed by atoms with E-state index in [0.717, 1.165) is 5.57 Å². The zero-order valence-corrected chi connectivity index (χ0v) is 6.79. The first-order valence-corrected chi connectivity index (χ1v) is 3.49. The first-order valence-electron chi connectivity index (χ1n) is 3.49. The van der Waals surface area contributed by atoms with Crippen LogP contribution in [-0.2, 0) is 4.79 Å². The molecule has 60 valence electrons. The minimum Gasteiger partial charge on any atom is -0.376 e. The summed E-state index contributed by atoms with van der Waals surface area (Å²) in [7, 11) is 1.91. The molecule has 0 aliphatic carbocycles. The number of carbonyl (C=O) groups excluding carboxylic acids is 1. The smallest absolute Gasteiger partial charge is 0.246 e. The Labute approximate surface area is 66.2 Å². The van der Waals surface area contributed by atoms with Crippen molar-refractivity contribution >= 4 is 5.91 Å². The van der Waals surface area contributed by atoms with Gasteiger partial charge in [0.15, 0.2) is 0 Å². The third-order valence-electron chi connectivity index (χ3n) is 1.76. The Kier molecular flexibility index (Phi) is 1.98. The predicted molar refractivity (Wildman–Crippen MR) is 43.7 cm³/mol. The van der Waals surface area contributed by atoms with Crippen LogP contribution in [0.25, 0.3) is 0 Å². The Morgan fingerprint density at radius 3 is 2.82 bits per heavy atom. The molecule has 0 fully saturated rings. The minimum atomic E-state index is -0.321. The van der Waals surface area contributed by atoms with Crippen molar-refractivity contribution in [2.45, 2.75) is 6.92 Å². The van der Waals surface area contributed by atoms with Crippen LogP contribution in [-0.4, -0.2) is 24.4 Å². The summed E-state index contributed by atoms with van der Waals surface area (Å²) in [4.78, 5) is 12.7. The summed E-state index contributed by atoms with van der Waals surface area (Å²) < 4.78 is 0. The summed E-state index contributed by atoms with van der Waals surface area (Å²) in [6.45, 7) is 2.52. The number of amides is 1. The third-order valence-corrected chi connectivity index (χ3v) is 1.76. The molecule has 1 aliphatic rings. The van der Waals surface area contributed by atoms with Crippen LogP contribution in [0.1, 0.15) is 6.92 Å². The van der Waals surface area contributed by atoms with Gasteiger partial charge in [-0.1, -0.05) is 0 Å². The number of hydrogen-bond acceptors (Lipinski definition) is 2. The fraction of sp³-hybridized carbons (Fsp3) is 0.375. The first-order chi connectivity index (χ1) is 5.11. The van der Waals surface area contributed by atoms with E-state index in [9.17, 15) is 4.79 Å². The van der Waals surface area contributed by atoms with Crippen LogP contribution in [0, 0.1) is 0 Å². The number of carbonyl (C=O) groups is 1. The molecule has 3 nitrogen and oxygen atoms in total. The highest BCUT2D eigenvalue weighted by molar-refractivity contribution is 5.93. The Bertz CT molecular complexity index is 240. The zero-order chi connectivity index (χ0) is 8.43. The Balaban J connectivity index is 2.90. The van der Waals surface area contributed by atoms with Gasteiger partial charge in [0.1, 0.15) is 0 Å². The fourth-order valence-electron chi connectivity index (χ4n) is 1.04. The second-order valence-corrected chi connectivity index (χ2v) is 2.76. The average Bonchev–Trinajstić information content (AvgIpc) is 1.94. The number of hydrogen-bond donors (Lipinski definition) is 1. The van der Waals surface area contributed by atoms with E-state index in [4.69, 9.17) is 5.73 Å². The van der Waals surface area contributed by atoms with Gasteiger partial charge in [-0.25, -0.2) is 0 Å². The Hall–Kier alpha value is -1.25. The normalized spacial score (nSPS) is 17.5. The van der Waals surface area contributed by atoms with Crippen molar-refractivity contribution in [1.82, 2.24) is 4.90 Å². The van der Waals surface area contributed by atoms with Crippen molar-refractivity contribution in [2.24, 2.45) is 5.73 Å². The van der Waals surface area contributed by atoms with Crippen LogP contribution in [0.4, 0.5) is 0 Å². The highest BCUT2D eigenvalue weighted by Gasteiger charge is 2.12. The largest absolute Gasteiger partial charge is 0.376 e. The van der Waals surface area contributed by atoms with Crippen LogP contribution in [0.15, 0.2) is 23.4 Å². The van der Waals surface area contributed by atoms with Gasteiger partial charge in [0.2, 0.25) is 5.91 Å². The average molecular weight is 152 g/mol. The van der Waals surface area contributed by atoms with E-state index in [1.54, 1.807) is 0 Å². The molecule has 2 N–H and O–H groups in total. The molecule has 0 aromatic rings. The van der Waals surface area contributed by atoms with Crippen molar-refractivity contribution in [3.63, 3.8) is 0 Å². The summed E-state index contributed by atoms with van der Waals surface area (Å²) in [6, 6.07) is 0. The van der Waals surface area contributed by atoms with Crippen molar-refractivity contribution < 1.29 is 4.79 Å². The summed E-state index contributed by atoms with van der Waals surface area (Å²) in [5.41, 5.74) is 6.83. The molecule has 0 radical (unpaired) electrons. The molecule has 0 aromatic carbocycles. The zero-order valence-electron chi connectivity index (χ0n) is 6.79. The molecule has 1 rings (SSSR count). The lowest BCUT2D eigenvalue weighted by atomic mass is 10.1. The summed E-state index contributed by atoms with van der Waals surface area (Å²) in [5.74, 6) is -0.321. The van der Waals surface area contributed by atoms with Gasteiger partial charge in [-0.15, -0.1) is 0 Å². The number of rotatable bonds is 1. The lowest BCUT2D eigenvalue weighted by molar-refractivity contribution is -0.114. The van der Waals surface area contributed by atoms with Gasteiger partial charge >= 0.3 is 0 Å². The van der Waals surface area contributed by atoms with Crippen LogP contribution >= 0.6 is 0 Å². The summed E-state index contributed by atoms with van der Waals surface area (Å²) in [5, 5.41) is 0. The molecule has 0 atom stereocenters. The van der Waals surface area contributed by atoms with Crippen molar-refractivity contribution in [2.75, 3.05) is 13.6 Å². The molecule has 1 amide bonds. The highest BCUT2D eigenvalue weighted by atomic mass is 16.1. The monoisotopic (exact) mass is 152 g/mol. The van der Waals surface area contributed by atoms with Crippen LogP contribution in [0.2, 0.25) is 0 Å². The van der Waals surface area contributed by atoms with Crippen LogP contribution in [0.5, 0.6) is 0 Å². The number of likely N-dealkylation sites (N-methyl/N-ethyl adjacent to an activating group) is 1. The SMILES string of the molecule is CC1=C(C(N)=O)CN(C)C=C1. The molecule has 0 aromatic heterocycles. The van der Waals surface area contributed by atoms with Gasteiger partial charge in [-0.2, -0.15) is 0 Å². The molecule has 0 spiro atoms. The van der Waals surface area contributed by atoms with Gasteiger partial charge in [-0.05, 0) is 24.8 Å². The van der Waals surface area contributed by atoms with Crippen LogP contribution < -0.4 is 5.73 Å². The van der Waals surface area contributed by atoms with E-state index in [-0.39, 0.29) is 5.91 Å². The lowest BCUT2D eigenvalue weighted by Gasteiger charge is -2.20. The predicted octanol–water partition coefficient (Wildman–Crippen LogP) is 0.247. The molecule has 0 saturated carbocycles. The molecule has 1 aliphatic heterocycles. The molecular formula is C8H12N2O. The fourth-order valence-corrected chi connectivity index (χ4v) is 1.04. The van der Waals surface area contributed by atoms with Crippen molar-refractivity contribution in [3.8, 4) is 0 Å². The maximum absolute atomic E-state index is 10.8. The third kappa shape index (κ3) is 1.61. The standard InChI is InChI=1S/C8H12N2O/c1-6-3-4-10(2)5-7(6)8(9)11/h3-4H,5H2,1-2H3,(H2,9,11). The molecular weight excluding hydrogens is 140 g/mol.